The van der Waals surface area contributed by atoms with E-state index in [-0.39, 0.29) is 11.5 Å². The predicted molar refractivity (Wildman–Crippen MR) is 88.5 cm³/mol. The van der Waals surface area contributed by atoms with Crippen molar-refractivity contribution >= 4 is 17.7 Å². The van der Waals surface area contributed by atoms with Gasteiger partial charge in [0.25, 0.3) is 11.5 Å². The summed E-state index contributed by atoms with van der Waals surface area (Å²) in [6.45, 7) is 4.35. The first-order chi connectivity index (χ1) is 10.5. The van der Waals surface area contributed by atoms with Gasteiger partial charge in [-0.1, -0.05) is 12.1 Å². The van der Waals surface area contributed by atoms with Crippen LogP contribution in [0.5, 0.6) is 0 Å². The molecular weight excluding hydrogens is 298 g/mol. The summed E-state index contributed by atoms with van der Waals surface area (Å²) in [6, 6.07) is 7.46. The molecule has 5 nitrogen and oxygen atoms in total. The molecule has 1 aromatic carbocycles. The van der Waals surface area contributed by atoms with Crippen LogP contribution in [-0.4, -0.2) is 28.3 Å². The number of hydrogen-bond acceptors (Lipinski definition) is 4. The van der Waals surface area contributed by atoms with Gasteiger partial charge in [-0.15, -0.1) is 11.8 Å². The summed E-state index contributed by atoms with van der Waals surface area (Å²) in [5.41, 5.74) is 1.97. The average Bonchev–Trinajstić information content (AvgIpc) is 2.54. The summed E-state index contributed by atoms with van der Waals surface area (Å²) < 4.78 is 1.52. The molecule has 0 fully saturated rings. The number of aryl methyl sites for hydroxylation is 1. The van der Waals surface area contributed by atoms with Crippen molar-refractivity contribution in [2.24, 2.45) is 0 Å². The first-order valence-electron chi connectivity index (χ1n) is 6.98. The van der Waals surface area contributed by atoms with Gasteiger partial charge in [-0.3, -0.25) is 14.2 Å². The number of carbonyl (C=O) groups is 1. The maximum absolute atomic E-state index is 12.2. The highest BCUT2D eigenvalue weighted by atomic mass is 32.2. The monoisotopic (exact) mass is 317 g/mol. The van der Waals surface area contributed by atoms with Gasteiger partial charge in [0.2, 0.25) is 0 Å². The molecule has 0 unspecified atom stereocenters. The summed E-state index contributed by atoms with van der Waals surface area (Å²) in [5, 5.41) is 2.84. The number of aromatic nitrogens is 2. The lowest BCUT2D eigenvalue weighted by atomic mass is 10.2. The molecule has 2 rings (SSSR count). The molecule has 2 aromatic rings. The molecule has 1 amide bonds. The number of carbonyl (C=O) groups excluding carboxylic acids is 1. The van der Waals surface area contributed by atoms with Gasteiger partial charge in [0.05, 0.1) is 11.9 Å². The number of nitrogens with zero attached hydrogens (tertiary/aromatic N) is 2. The van der Waals surface area contributed by atoms with Crippen molar-refractivity contribution in [3.8, 4) is 0 Å². The van der Waals surface area contributed by atoms with Crippen molar-refractivity contribution in [2.45, 2.75) is 25.3 Å². The first kappa shape index (κ1) is 16.3. The highest BCUT2D eigenvalue weighted by Gasteiger charge is 2.10. The molecule has 0 radical (unpaired) electrons. The molecule has 1 N–H and O–H groups in total. The van der Waals surface area contributed by atoms with E-state index >= 15 is 0 Å². The quantitative estimate of drug-likeness (QED) is 0.857. The zero-order chi connectivity index (χ0) is 16.1. The van der Waals surface area contributed by atoms with Gasteiger partial charge in [-0.25, -0.2) is 4.98 Å². The Morgan fingerprint density at radius 3 is 2.77 bits per heavy atom. The van der Waals surface area contributed by atoms with Crippen LogP contribution in [0.15, 0.2) is 40.3 Å². The lowest BCUT2D eigenvalue weighted by Gasteiger charge is -2.10. The van der Waals surface area contributed by atoms with E-state index in [1.165, 1.54) is 22.7 Å². The molecule has 0 spiro atoms. The molecule has 0 saturated heterocycles. The molecule has 0 atom stereocenters. The molecule has 1 aromatic heterocycles. The molecule has 0 aliphatic heterocycles. The van der Waals surface area contributed by atoms with E-state index < -0.39 is 0 Å². The van der Waals surface area contributed by atoms with Crippen molar-refractivity contribution in [1.82, 2.24) is 14.9 Å². The highest BCUT2D eigenvalue weighted by molar-refractivity contribution is 7.98. The van der Waals surface area contributed by atoms with E-state index in [2.05, 4.69) is 10.3 Å². The maximum Gasteiger partial charge on any atom is 0.256 e. The molecule has 22 heavy (non-hydrogen) atoms. The molecule has 0 aliphatic carbocycles. The van der Waals surface area contributed by atoms with Gasteiger partial charge in [-0.05, 0) is 32.2 Å². The number of hydrogen-bond donors (Lipinski definition) is 1. The Balaban J connectivity index is 2.01. The summed E-state index contributed by atoms with van der Waals surface area (Å²) in [7, 11) is 0. The summed E-state index contributed by atoms with van der Waals surface area (Å²) in [6.07, 6.45) is 3.46. The molecule has 0 aliphatic rings. The SMILES string of the molecule is CSc1ccccc1C(=O)NCCn1cnc(C)c(C)c1=O. The van der Waals surface area contributed by atoms with Crippen molar-refractivity contribution in [3.63, 3.8) is 0 Å². The molecule has 0 saturated carbocycles. The summed E-state index contributed by atoms with van der Waals surface area (Å²) in [5.74, 6) is -0.130. The van der Waals surface area contributed by atoms with Crippen LogP contribution >= 0.6 is 11.8 Å². The van der Waals surface area contributed by atoms with Crippen molar-refractivity contribution in [2.75, 3.05) is 12.8 Å². The number of nitrogens with one attached hydrogen (secondary N) is 1. The van der Waals surface area contributed by atoms with Crippen LogP contribution < -0.4 is 10.9 Å². The van der Waals surface area contributed by atoms with E-state index in [0.717, 1.165) is 10.6 Å². The lowest BCUT2D eigenvalue weighted by Crippen LogP contribution is -2.32. The first-order valence-corrected chi connectivity index (χ1v) is 8.21. The molecule has 116 valence electrons. The van der Waals surface area contributed by atoms with Gasteiger partial charge in [-0.2, -0.15) is 0 Å². The fraction of sp³-hybridized carbons (Fsp3) is 0.312. The lowest BCUT2D eigenvalue weighted by molar-refractivity contribution is 0.0949. The fourth-order valence-corrected chi connectivity index (χ4v) is 2.65. The molecule has 1 heterocycles. The topological polar surface area (TPSA) is 64.0 Å². The Morgan fingerprint density at radius 2 is 2.05 bits per heavy atom. The van der Waals surface area contributed by atoms with E-state index in [1.54, 1.807) is 13.0 Å². The van der Waals surface area contributed by atoms with Gasteiger partial charge in [0.1, 0.15) is 0 Å². The van der Waals surface area contributed by atoms with Crippen LogP contribution in [0, 0.1) is 13.8 Å². The van der Waals surface area contributed by atoms with Crippen LogP contribution in [0.2, 0.25) is 0 Å². The van der Waals surface area contributed by atoms with Gasteiger partial charge < -0.3 is 5.32 Å². The third-order valence-electron chi connectivity index (χ3n) is 3.50. The second kappa shape index (κ2) is 7.26. The van der Waals surface area contributed by atoms with Crippen molar-refractivity contribution in [3.05, 3.63) is 57.8 Å². The second-order valence-corrected chi connectivity index (χ2v) is 5.76. The Morgan fingerprint density at radius 1 is 1.32 bits per heavy atom. The third kappa shape index (κ3) is 3.57. The smallest absolute Gasteiger partial charge is 0.256 e. The second-order valence-electron chi connectivity index (χ2n) is 4.91. The average molecular weight is 317 g/mol. The van der Waals surface area contributed by atoms with E-state index in [1.807, 2.05) is 31.4 Å². The van der Waals surface area contributed by atoms with Crippen LogP contribution in [0.3, 0.4) is 0 Å². The highest BCUT2D eigenvalue weighted by Crippen LogP contribution is 2.19. The van der Waals surface area contributed by atoms with Gasteiger partial charge in [0, 0.05) is 29.2 Å². The predicted octanol–water partition coefficient (Wildman–Crippen LogP) is 2.01. The summed E-state index contributed by atoms with van der Waals surface area (Å²) >= 11 is 1.53. The largest absolute Gasteiger partial charge is 0.350 e. The van der Waals surface area contributed by atoms with Crippen LogP contribution in [0.1, 0.15) is 21.6 Å². The number of rotatable bonds is 5. The van der Waals surface area contributed by atoms with E-state index in [9.17, 15) is 9.59 Å². The Hall–Kier alpha value is -2.08. The maximum atomic E-state index is 12.2. The minimum absolute atomic E-state index is 0.0636. The Kier molecular flexibility index (Phi) is 5.38. The van der Waals surface area contributed by atoms with E-state index in [0.29, 0.717) is 24.2 Å². The van der Waals surface area contributed by atoms with Crippen LogP contribution in [-0.2, 0) is 6.54 Å². The zero-order valence-electron chi connectivity index (χ0n) is 12.9. The standard InChI is InChI=1S/C16H19N3O2S/c1-11-12(2)18-10-19(16(11)21)9-8-17-15(20)13-6-4-5-7-14(13)22-3/h4-7,10H,8-9H2,1-3H3,(H,17,20). The zero-order valence-corrected chi connectivity index (χ0v) is 13.7. The third-order valence-corrected chi connectivity index (χ3v) is 4.30. The minimum Gasteiger partial charge on any atom is -0.350 e. The number of amides is 1. The summed E-state index contributed by atoms with van der Waals surface area (Å²) in [4.78, 5) is 29.3. The normalized spacial score (nSPS) is 10.5. The minimum atomic E-state index is -0.130. The van der Waals surface area contributed by atoms with Crippen molar-refractivity contribution < 1.29 is 4.79 Å². The van der Waals surface area contributed by atoms with Crippen LogP contribution in [0.4, 0.5) is 0 Å². The van der Waals surface area contributed by atoms with Crippen LogP contribution in [0.25, 0.3) is 0 Å². The van der Waals surface area contributed by atoms with E-state index in [4.69, 9.17) is 0 Å². The Labute approximate surface area is 133 Å². The van der Waals surface area contributed by atoms with Gasteiger partial charge >= 0.3 is 0 Å². The van der Waals surface area contributed by atoms with Crippen molar-refractivity contribution in [1.29, 1.82) is 0 Å². The fourth-order valence-electron chi connectivity index (χ4n) is 2.05. The molecule has 0 bridgehead atoms. The Bertz CT molecular complexity index is 740. The molecule has 6 heteroatoms. The van der Waals surface area contributed by atoms with Gasteiger partial charge in [0.15, 0.2) is 0 Å². The molecular formula is C16H19N3O2S. The number of thioether (sulfide) groups is 1. The number of benzene rings is 1.